The maximum Gasteiger partial charge on any atom is 0.0188 e. The van der Waals surface area contributed by atoms with E-state index >= 15 is 0 Å². The average Bonchev–Trinajstić information content (AvgIpc) is 1.59. The zero-order valence-electron chi connectivity index (χ0n) is 7.05. The summed E-state index contributed by atoms with van der Waals surface area (Å²) in [5.41, 5.74) is 11.3. The van der Waals surface area contributed by atoms with Crippen LogP contribution >= 0.6 is 11.8 Å². The van der Waals surface area contributed by atoms with Crippen molar-refractivity contribution < 1.29 is 0 Å². The molecule has 0 aromatic carbocycles. The normalized spacial score (nSPS) is 15.3. The Balaban J connectivity index is 3.21. The molecule has 0 bridgehead atoms. The highest BCUT2D eigenvalue weighted by atomic mass is 32.2. The van der Waals surface area contributed by atoms with Gasteiger partial charge in [0.2, 0.25) is 0 Å². The van der Waals surface area contributed by atoms with Crippen LogP contribution in [0.25, 0.3) is 0 Å². The highest BCUT2D eigenvalue weighted by Gasteiger charge is 2.09. The Hall–Kier alpha value is 0.270. The smallest absolute Gasteiger partial charge is 0.0188 e. The zero-order valence-corrected chi connectivity index (χ0v) is 7.87. The molecule has 0 aliphatic carbocycles. The predicted molar refractivity (Wildman–Crippen MR) is 49.2 cm³/mol. The van der Waals surface area contributed by atoms with Crippen LogP contribution in [0.15, 0.2) is 0 Å². The number of hydrogen-bond donors (Lipinski definition) is 2. The second-order valence-electron chi connectivity index (χ2n) is 3.48. The number of thioether (sulfide) groups is 1. The van der Waals surface area contributed by atoms with E-state index in [4.69, 9.17) is 11.5 Å². The summed E-state index contributed by atoms with van der Waals surface area (Å²) in [5, 5.41) is 0. The largest absolute Gasteiger partial charge is 0.327 e. The molecule has 0 saturated heterocycles. The first-order valence-electron chi connectivity index (χ1n) is 3.54. The summed E-state index contributed by atoms with van der Waals surface area (Å²) in [6, 6.07) is 0.285. The molecule has 1 unspecified atom stereocenters. The van der Waals surface area contributed by atoms with Crippen molar-refractivity contribution in [3.05, 3.63) is 0 Å². The van der Waals surface area contributed by atoms with Crippen LogP contribution in [0.4, 0.5) is 0 Å². The van der Waals surface area contributed by atoms with Gasteiger partial charge >= 0.3 is 0 Å². The third-order valence-corrected chi connectivity index (χ3v) is 2.56. The monoisotopic (exact) mass is 162 g/mol. The van der Waals surface area contributed by atoms with Crippen molar-refractivity contribution in [2.75, 3.05) is 11.5 Å². The van der Waals surface area contributed by atoms with Gasteiger partial charge in [0.25, 0.3) is 0 Å². The first kappa shape index (κ1) is 10.3. The van der Waals surface area contributed by atoms with Crippen molar-refractivity contribution in [3.8, 4) is 0 Å². The van der Waals surface area contributed by atoms with Gasteiger partial charge in [-0.25, -0.2) is 0 Å². The van der Waals surface area contributed by atoms with Crippen molar-refractivity contribution in [2.45, 2.75) is 32.4 Å². The van der Waals surface area contributed by atoms with Crippen LogP contribution in [0.3, 0.4) is 0 Å². The molecule has 62 valence electrons. The fourth-order valence-electron chi connectivity index (χ4n) is 0.508. The van der Waals surface area contributed by atoms with Crippen molar-refractivity contribution >= 4 is 11.8 Å². The standard InChI is InChI=1S/C7H18N2S/c1-6(8)4-10-5-7(2,3)9/h6H,4-5,8-9H2,1-3H3. The number of rotatable bonds is 4. The number of hydrogen-bond acceptors (Lipinski definition) is 3. The molecule has 0 aliphatic heterocycles. The molecule has 0 heterocycles. The van der Waals surface area contributed by atoms with E-state index in [1.54, 1.807) is 0 Å². The lowest BCUT2D eigenvalue weighted by Crippen LogP contribution is -2.35. The Morgan fingerprint density at radius 1 is 1.50 bits per heavy atom. The summed E-state index contributed by atoms with van der Waals surface area (Å²) in [6.07, 6.45) is 0. The third-order valence-electron chi connectivity index (χ3n) is 0.855. The van der Waals surface area contributed by atoms with E-state index < -0.39 is 0 Å². The van der Waals surface area contributed by atoms with E-state index in [1.165, 1.54) is 0 Å². The minimum absolute atomic E-state index is 0.0560. The molecular weight excluding hydrogens is 144 g/mol. The molecule has 10 heavy (non-hydrogen) atoms. The third kappa shape index (κ3) is 8.27. The first-order valence-corrected chi connectivity index (χ1v) is 4.69. The topological polar surface area (TPSA) is 52.0 Å². The molecule has 0 rings (SSSR count). The highest BCUT2D eigenvalue weighted by Crippen LogP contribution is 2.09. The van der Waals surface area contributed by atoms with E-state index in [0.717, 1.165) is 11.5 Å². The second kappa shape index (κ2) is 4.21. The van der Waals surface area contributed by atoms with Crippen LogP contribution < -0.4 is 11.5 Å². The first-order chi connectivity index (χ1) is 4.42. The lowest BCUT2D eigenvalue weighted by molar-refractivity contribution is 0.591. The molecule has 0 spiro atoms. The average molecular weight is 162 g/mol. The van der Waals surface area contributed by atoms with E-state index in [0.29, 0.717) is 0 Å². The SMILES string of the molecule is CC(N)CSCC(C)(C)N. The quantitative estimate of drug-likeness (QED) is 0.643. The Morgan fingerprint density at radius 2 is 2.00 bits per heavy atom. The van der Waals surface area contributed by atoms with Crippen LogP contribution in [-0.2, 0) is 0 Å². The van der Waals surface area contributed by atoms with E-state index in [1.807, 2.05) is 32.5 Å². The number of nitrogens with two attached hydrogens (primary N) is 2. The van der Waals surface area contributed by atoms with Crippen molar-refractivity contribution in [2.24, 2.45) is 11.5 Å². The molecule has 0 radical (unpaired) electrons. The van der Waals surface area contributed by atoms with Gasteiger partial charge in [0.15, 0.2) is 0 Å². The summed E-state index contributed by atoms with van der Waals surface area (Å²) >= 11 is 1.82. The van der Waals surface area contributed by atoms with Gasteiger partial charge in [-0.1, -0.05) is 0 Å². The molecule has 3 heteroatoms. The second-order valence-corrected chi connectivity index (χ2v) is 4.51. The minimum Gasteiger partial charge on any atom is -0.327 e. The van der Waals surface area contributed by atoms with Gasteiger partial charge in [0.1, 0.15) is 0 Å². The Kier molecular flexibility index (Phi) is 4.32. The van der Waals surface area contributed by atoms with Crippen LogP contribution in [0, 0.1) is 0 Å². The van der Waals surface area contributed by atoms with E-state index in [9.17, 15) is 0 Å². The van der Waals surface area contributed by atoms with Gasteiger partial charge in [-0.15, -0.1) is 0 Å². The van der Waals surface area contributed by atoms with Gasteiger partial charge in [-0.05, 0) is 20.8 Å². The fourth-order valence-corrected chi connectivity index (χ4v) is 1.52. The lowest BCUT2D eigenvalue weighted by Gasteiger charge is -2.17. The van der Waals surface area contributed by atoms with Gasteiger partial charge < -0.3 is 11.5 Å². The molecule has 0 saturated carbocycles. The van der Waals surface area contributed by atoms with Crippen molar-refractivity contribution in [3.63, 3.8) is 0 Å². The summed E-state index contributed by atoms with van der Waals surface area (Å²) in [7, 11) is 0. The van der Waals surface area contributed by atoms with Crippen molar-refractivity contribution in [1.29, 1.82) is 0 Å². The van der Waals surface area contributed by atoms with E-state index in [-0.39, 0.29) is 11.6 Å². The molecule has 2 nitrogen and oxygen atoms in total. The Bertz CT molecular complexity index is 86.1. The highest BCUT2D eigenvalue weighted by molar-refractivity contribution is 7.99. The summed E-state index contributed by atoms with van der Waals surface area (Å²) in [5.74, 6) is 1.98. The molecule has 0 aliphatic rings. The molecule has 0 aromatic rings. The summed E-state index contributed by atoms with van der Waals surface area (Å²) in [4.78, 5) is 0. The van der Waals surface area contributed by atoms with Crippen LogP contribution in [0.1, 0.15) is 20.8 Å². The molecule has 0 amide bonds. The van der Waals surface area contributed by atoms with Crippen LogP contribution in [0.2, 0.25) is 0 Å². The maximum atomic E-state index is 5.76. The van der Waals surface area contributed by atoms with Gasteiger partial charge in [-0.3, -0.25) is 0 Å². The molecule has 1 atom stereocenters. The summed E-state index contributed by atoms with van der Waals surface area (Å²) in [6.45, 7) is 6.07. The van der Waals surface area contributed by atoms with Crippen LogP contribution in [0.5, 0.6) is 0 Å². The predicted octanol–water partition coefficient (Wildman–Crippen LogP) is 0.804. The summed E-state index contributed by atoms with van der Waals surface area (Å²) < 4.78 is 0. The molecular formula is C7H18N2S. The maximum absolute atomic E-state index is 5.76. The molecule has 0 aromatic heterocycles. The Labute approximate surface area is 67.7 Å². The Morgan fingerprint density at radius 3 is 2.30 bits per heavy atom. The van der Waals surface area contributed by atoms with Gasteiger partial charge in [0, 0.05) is 23.1 Å². The molecule has 0 fully saturated rings. The minimum atomic E-state index is -0.0560. The van der Waals surface area contributed by atoms with E-state index in [2.05, 4.69) is 0 Å². The zero-order chi connectivity index (χ0) is 8.20. The lowest BCUT2D eigenvalue weighted by atomic mass is 10.1. The van der Waals surface area contributed by atoms with Gasteiger partial charge in [-0.2, -0.15) is 11.8 Å². The van der Waals surface area contributed by atoms with Gasteiger partial charge in [0.05, 0.1) is 0 Å². The van der Waals surface area contributed by atoms with Crippen LogP contribution in [-0.4, -0.2) is 23.1 Å². The molecule has 4 N–H and O–H groups in total. The fraction of sp³-hybridized carbons (Fsp3) is 1.00. The van der Waals surface area contributed by atoms with Crippen molar-refractivity contribution in [1.82, 2.24) is 0 Å².